The highest BCUT2D eigenvalue weighted by Crippen LogP contribution is 2.26. The highest BCUT2D eigenvalue weighted by molar-refractivity contribution is 5.82. The van der Waals surface area contributed by atoms with E-state index in [2.05, 4.69) is 20.8 Å². The van der Waals surface area contributed by atoms with Gasteiger partial charge in [-0.3, -0.25) is 0 Å². The Balaban J connectivity index is 1.76. The smallest absolute Gasteiger partial charge is 0.326 e. The van der Waals surface area contributed by atoms with Gasteiger partial charge in [0.25, 0.3) is 0 Å². The van der Waals surface area contributed by atoms with Crippen molar-refractivity contribution in [2.45, 2.75) is 44.6 Å². The lowest BCUT2D eigenvalue weighted by atomic mass is 9.84. The molecule has 0 aromatic carbocycles. The number of carboxylic acids is 1. The van der Waals surface area contributed by atoms with Crippen molar-refractivity contribution < 1.29 is 19.2 Å². The van der Waals surface area contributed by atoms with Crippen LogP contribution in [-0.4, -0.2) is 39.8 Å². The number of carbonyl (C=O) groups is 2. The monoisotopic (exact) mass is 296 g/mol. The minimum atomic E-state index is -0.978. The number of amides is 2. The fourth-order valence-electron chi connectivity index (χ4n) is 2.63. The number of nitrogens with one attached hydrogen (secondary N) is 2. The highest BCUT2D eigenvalue weighted by atomic mass is 16.5. The van der Waals surface area contributed by atoms with Crippen LogP contribution >= 0.6 is 0 Å². The molecule has 1 aliphatic rings. The summed E-state index contributed by atoms with van der Waals surface area (Å²) in [5.41, 5.74) is 0. The molecule has 1 aliphatic carbocycles. The summed E-state index contributed by atoms with van der Waals surface area (Å²) in [6.07, 6.45) is 6.58. The van der Waals surface area contributed by atoms with Gasteiger partial charge in [0, 0.05) is 13.0 Å². The Kier molecular flexibility index (Phi) is 5.53. The Morgan fingerprint density at radius 2 is 2.14 bits per heavy atom. The van der Waals surface area contributed by atoms with E-state index in [1.165, 1.54) is 6.33 Å². The standard InChI is InChI=1S/C13H20N4O4/c18-12(19)11(9-4-2-1-3-5-9)17-13(20)14-7-6-10-15-8-16-21-10/h8-9,11H,1-7H2,(H,18,19)(H2,14,17,20). The predicted octanol–water partition coefficient (Wildman–Crippen LogP) is 0.945. The van der Waals surface area contributed by atoms with Gasteiger partial charge in [-0.25, -0.2) is 9.59 Å². The fraction of sp³-hybridized carbons (Fsp3) is 0.692. The largest absolute Gasteiger partial charge is 0.480 e. The molecular formula is C13H20N4O4. The van der Waals surface area contributed by atoms with Crippen LogP contribution in [-0.2, 0) is 11.2 Å². The van der Waals surface area contributed by atoms with Crippen molar-refractivity contribution >= 4 is 12.0 Å². The molecule has 1 unspecified atom stereocenters. The van der Waals surface area contributed by atoms with Gasteiger partial charge >= 0.3 is 12.0 Å². The van der Waals surface area contributed by atoms with E-state index in [0.717, 1.165) is 32.1 Å². The van der Waals surface area contributed by atoms with Crippen LogP contribution in [0.4, 0.5) is 4.79 Å². The van der Waals surface area contributed by atoms with Crippen LogP contribution in [0.5, 0.6) is 0 Å². The van der Waals surface area contributed by atoms with E-state index in [1.807, 2.05) is 0 Å². The van der Waals surface area contributed by atoms with Crippen molar-refractivity contribution in [3.05, 3.63) is 12.2 Å². The second-order valence-electron chi connectivity index (χ2n) is 5.20. The second-order valence-corrected chi connectivity index (χ2v) is 5.20. The Morgan fingerprint density at radius 1 is 1.38 bits per heavy atom. The van der Waals surface area contributed by atoms with Crippen LogP contribution in [0.25, 0.3) is 0 Å². The van der Waals surface area contributed by atoms with E-state index in [-0.39, 0.29) is 5.92 Å². The van der Waals surface area contributed by atoms with Crippen molar-refractivity contribution in [1.82, 2.24) is 20.8 Å². The number of urea groups is 1. The summed E-state index contributed by atoms with van der Waals surface area (Å²) in [6, 6.07) is -1.30. The van der Waals surface area contributed by atoms with Crippen molar-refractivity contribution in [2.24, 2.45) is 5.92 Å². The first kappa shape index (κ1) is 15.3. The Bertz CT molecular complexity index is 457. The molecule has 8 nitrogen and oxygen atoms in total. The van der Waals surface area contributed by atoms with Gasteiger partial charge in [0.15, 0.2) is 6.33 Å². The number of aromatic nitrogens is 2. The van der Waals surface area contributed by atoms with E-state index < -0.39 is 18.0 Å². The number of carboxylic acid groups (broad SMARTS) is 1. The number of hydrogen-bond acceptors (Lipinski definition) is 5. The first-order valence-corrected chi connectivity index (χ1v) is 7.19. The van der Waals surface area contributed by atoms with Crippen molar-refractivity contribution in [3.63, 3.8) is 0 Å². The van der Waals surface area contributed by atoms with Crippen LogP contribution < -0.4 is 10.6 Å². The Hall–Kier alpha value is -2.12. The Labute approximate surface area is 122 Å². The van der Waals surface area contributed by atoms with Gasteiger partial charge in [-0.1, -0.05) is 24.4 Å². The molecule has 1 saturated carbocycles. The van der Waals surface area contributed by atoms with Crippen LogP contribution in [0.15, 0.2) is 10.9 Å². The predicted molar refractivity (Wildman–Crippen MR) is 72.5 cm³/mol. The van der Waals surface area contributed by atoms with Crippen molar-refractivity contribution in [2.75, 3.05) is 6.54 Å². The molecule has 1 aromatic rings. The molecule has 8 heteroatoms. The van der Waals surface area contributed by atoms with Gasteiger partial charge in [0.05, 0.1) is 0 Å². The molecule has 0 radical (unpaired) electrons. The van der Waals surface area contributed by atoms with Crippen LogP contribution in [0.1, 0.15) is 38.0 Å². The molecule has 1 fully saturated rings. The lowest BCUT2D eigenvalue weighted by Gasteiger charge is -2.28. The molecule has 3 N–H and O–H groups in total. The van der Waals surface area contributed by atoms with E-state index in [9.17, 15) is 14.7 Å². The normalized spacial score (nSPS) is 17.1. The van der Waals surface area contributed by atoms with Crippen molar-refractivity contribution in [1.29, 1.82) is 0 Å². The molecule has 0 spiro atoms. The first-order valence-electron chi connectivity index (χ1n) is 7.19. The summed E-state index contributed by atoms with van der Waals surface area (Å²) in [6.45, 7) is 0.311. The molecule has 116 valence electrons. The summed E-state index contributed by atoms with van der Waals surface area (Å²) in [5.74, 6) is -0.538. The molecule has 0 aliphatic heterocycles. The molecule has 21 heavy (non-hydrogen) atoms. The van der Waals surface area contributed by atoms with E-state index in [4.69, 9.17) is 4.52 Å². The van der Waals surface area contributed by atoms with Gasteiger partial charge in [-0.05, 0) is 18.8 Å². The maximum Gasteiger partial charge on any atom is 0.326 e. The van der Waals surface area contributed by atoms with E-state index >= 15 is 0 Å². The lowest BCUT2D eigenvalue weighted by Crippen LogP contribution is -2.50. The molecule has 2 amide bonds. The average molecular weight is 296 g/mol. The maximum atomic E-state index is 11.8. The van der Waals surface area contributed by atoms with E-state index in [1.54, 1.807) is 0 Å². The zero-order chi connectivity index (χ0) is 15.1. The maximum absolute atomic E-state index is 11.8. The lowest BCUT2D eigenvalue weighted by molar-refractivity contribution is -0.141. The van der Waals surface area contributed by atoms with Gasteiger partial charge in [0.2, 0.25) is 5.89 Å². The molecular weight excluding hydrogens is 276 g/mol. The number of hydrogen-bond donors (Lipinski definition) is 3. The van der Waals surface area contributed by atoms with Gasteiger partial charge < -0.3 is 20.3 Å². The van der Waals surface area contributed by atoms with Crippen LogP contribution in [0, 0.1) is 5.92 Å². The number of nitrogens with zero attached hydrogens (tertiary/aromatic N) is 2. The second kappa shape index (κ2) is 7.61. The summed E-state index contributed by atoms with van der Waals surface area (Å²) >= 11 is 0. The first-order chi connectivity index (χ1) is 10.2. The topological polar surface area (TPSA) is 117 Å². The minimum absolute atomic E-state index is 0.0120. The third kappa shape index (κ3) is 4.73. The van der Waals surface area contributed by atoms with Gasteiger partial charge in [-0.15, -0.1) is 0 Å². The van der Waals surface area contributed by atoms with Crippen molar-refractivity contribution in [3.8, 4) is 0 Å². The molecule has 1 heterocycles. The number of aliphatic carboxylic acids is 1. The number of rotatable bonds is 6. The minimum Gasteiger partial charge on any atom is -0.480 e. The zero-order valence-corrected chi connectivity index (χ0v) is 11.7. The zero-order valence-electron chi connectivity index (χ0n) is 11.7. The summed E-state index contributed by atoms with van der Waals surface area (Å²) in [4.78, 5) is 26.9. The summed E-state index contributed by atoms with van der Waals surface area (Å²) in [5, 5.41) is 17.9. The summed E-state index contributed by atoms with van der Waals surface area (Å²) < 4.78 is 4.80. The van der Waals surface area contributed by atoms with Gasteiger partial charge in [-0.2, -0.15) is 4.98 Å². The average Bonchev–Trinajstić information content (AvgIpc) is 2.98. The fourth-order valence-corrected chi connectivity index (χ4v) is 2.63. The summed E-state index contributed by atoms with van der Waals surface area (Å²) in [7, 11) is 0. The van der Waals surface area contributed by atoms with E-state index in [0.29, 0.717) is 18.9 Å². The third-order valence-electron chi connectivity index (χ3n) is 3.71. The molecule has 0 bridgehead atoms. The third-order valence-corrected chi connectivity index (χ3v) is 3.71. The van der Waals surface area contributed by atoms with Gasteiger partial charge in [0.1, 0.15) is 6.04 Å². The molecule has 2 rings (SSSR count). The molecule has 0 saturated heterocycles. The highest BCUT2D eigenvalue weighted by Gasteiger charge is 2.30. The Morgan fingerprint density at radius 3 is 2.76 bits per heavy atom. The number of carbonyl (C=O) groups excluding carboxylic acids is 1. The SMILES string of the molecule is O=C(NCCc1ncno1)NC(C(=O)O)C1CCCCC1. The molecule has 1 aromatic heterocycles. The van der Waals surface area contributed by atoms with Crippen LogP contribution in [0.3, 0.4) is 0 Å². The quantitative estimate of drug-likeness (QED) is 0.719. The van der Waals surface area contributed by atoms with Crippen LogP contribution in [0.2, 0.25) is 0 Å². The molecule has 1 atom stereocenters.